The molecule has 1 fully saturated rings. The van der Waals surface area contributed by atoms with Crippen LogP contribution in [-0.2, 0) is 6.54 Å². The lowest BCUT2D eigenvalue weighted by atomic mass is 10.3. The van der Waals surface area contributed by atoms with Gasteiger partial charge in [-0.25, -0.2) is 4.98 Å². The molecule has 0 saturated heterocycles. The van der Waals surface area contributed by atoms with Gasteiger partial charge in [0.2, 0.25) is 0 Å². The van der Waals surface area contributed by atoms with E-state index in [4.69, 9.17) is 0 Å². The quantitative estimate of drug-likeness (QED) is 0.880. The number of aromatic nitrogens is 1. The first-order chi connectivity index (χ1) is 7.92. The first-order valence-electron chi connectivity index (χ1n) is 5.59. The number of nitrogens with zero attached hydrogens (tertiary/aromatic N) is 1. The molecular weight excluding hydrogens is 236 g/mol. The van der Waals surface area contributed by atoms with Crippen LogP contribution in [-0.4, -0.2) is 11.5 Å². The Morgan fingerprint density at radius 3 is 3.06 bits per heavy atom. The monoisotopic (exact) mass is 250 g/mol. The Balaban J connectivity index is 1.59. The number of hydrogen-bond acceptors (Lipinski definition) is 4. The number of hydrogen-bond donors (Lipinski definition) is 1. The van der Waals surface area contributed by atoms with Gasteiger partial charge in [0.05, 0.1) is 5.69 Å². The summed E-state index contributed by atoms with van der Waals surface area (Å²) in [4.78, 5) is 4.63. The maximum absolute atomic E-state index is 4.63. The van der Waals surface area contributed by atoms with E-state index in [2.05, 4.69) is 32.5 Å². The first kappa shape index (κ1) is 10.4. The Morgan fingerprint density at radius 1 is 1.38 bits per heavy atom. The molecule has 2 heterocycles. The minimum Gasteiger partial charge on any atom is -0.310 e. The zero-order chi connectivity index (χ0) is 10.8. The molecule has 2 nitrogen and oxygen atoms in total. The van der Waals surface area contributed by atoms with Gasteiger partial charge in [0.1, 0.15) is 5.01 Å². The van der Waals surface area contributed by atoms with Gasteiger partial charge in [-0.15, -0.1) is 11.3 Å². The summed E-state index contributed by atoms with van der Waals surface area (Å²) in [6, 6.07) is 2.13. The van der Waals surface area contributed by atoms with E-state index in [-0.39, 0.29) is 0 Å². The molecule has 0 spiro atoms. The highest BCUT2D eigenvalue weighted by atomic mass is 32.1. The highest BCUT2D eigenvalue weighted by molar-refractivity contribution is 7.10. The van der Waals surface area contributed by atoms with Crippen molar-refractivity contribution < 1.29 is 0 Å². The topological polar surface area (TPSA) is 24.9 Å². The number of thiophene rings is 1. The molecule has 0 atom stereocenters. The lowest BCUT2D eigenvalue weighted by molar-refractivity contribution is 0.637. The molecular formula is C12H14N2S2. The molecule has 0 unspecified atom stereocenters. The highest BCUT2D eigenvalue weighted by Gasteiger charge is 2.20. The molecule has 2 aromatic rings. The van der Waals surface area contributed by atoms with E-state index in [1.165, 1.54) is 23.4 Å². The van der Waals surface area contributed by atoms with E-state index in [0.29, 0.717) is 0 Å². The van der Waals surface area contributed by atoms with E-state index in [1.807, 2.05) is 0 Å². The SMILES string of the molecule is c1cc(-c2csc(CNCC3CC3)n2)cs1. The third-order valence-electron chi connectivity index (χ3n) is 2.77. The van der Waals surface area contributed by atoms with Crippen LogP contribution in [0.1, 0.15) is 17.8 Å². The molecule has 0 bridgehead atoms. The molecule has 0 aromatic carbocycles. The molecule has 3 rings (SSSR count). The zero-order valence-corrected chi connectivity index (χ0v) is 10.6. The predicted octanol–water partition coefficient (Wildman–Crippen LogP) is 3.37. The molecule has 1 saturated carbocycles. The molecule has 0 aliphatic heterocycles. The molecule has 16 heavy (non-hydrogen) atoms. The maximum atomic E-state index is 4.63. The Hall–Kier alpha value is -0.710. The van der Waals surface area contributed by atoms with Gasteiger partial charge in [-0.05, 0) is 36.8 Å². The predicted molar refractivity (Wildman–Crippen MR) is 69.9 cm³/mol. The molecule has 1 aliphatic carbocycles. The summed E-state index contributed by atoms with van der Waals surface area (Å²) in [7, 11) is 0. The molecule has 1 aliphatic rings. The van der Waals surface area contributed by atoms with Crippen molar-refractivity contribution in [1.82, 2.24) is 10.3 Å². The van der Waals surface area contributed by atoms with Crippen LogP contribution in [0, 0.1) is 5.92 Å². The van der Waals surface area contributed by atoms with Gasteiger partial charge in [-0.2, -0.15) is 11.3 Å². The Kier molecular flexibility index (Phi) is 3.04. The van der Waals surface area contributed by atoms with Crippen LogP contribution < -0.4 is 5.32 Å². The first-order valence-corrected chi connectivity index (χ1v) is 7.42. The summed E-state index contributed by atoms with van der Waals surface area (Å²) < 4.78 is 0. The van der Waals surface area contributed by atoms with E-state index in [0.717, 1.165) is 24.7 Å². The summed E-state index contributed by atoms with van der Waals surface area (Å²) in [5.41, 5.74) is 2.36. The van der Waals surface area contributed by atoms with Crippen molar-refractivity contribution in [1.29, 1.82) is 0 Å². The lowest BCUT2D eigenvalue weighted by Gasteiger charge is -1.98. The molecule has 4 heteroatoms. The van der Waals surface area contributed by atoms with Crippen LogP contribution in [0.4, 0.5) is 0 Å². The third-order valence-corrected chi connectivity index (χ3v) is 4.31. The second-order valence-corrected chi connectivity index (χ2v) is 5.94. The van der Waals surface area contributed by atoms with Gasteiger partial charge >= 0.3 is 0 Å². The maximum Gasteiger partial charge on any atom is 0.107 e. The normalized spacial score (nSPS) is 15.5. The van der Waals surface area contributed by atoms with Gasteiger partial charge in [0.25, 0.3) is 0 Å². The minimum absolute atomic E-state index is 0.922. The van der Waals surface area contributed by atoms with E-state index in [9.17, 15) is 0 Å². The molecule has 2 aromatic heterocycles. The number of thiazole rings is 1. The van der Waals surface area contributed by atoms with Crippen LogP contribution in [0.15, 0.2) is 22.2 Å². The van der Waals surface area contributed by atoms with Gasteiger partial charge < -0.3 is 5.32 Å². The van der Waals surface area contributed by atoms with E-state index in [1.54, 1.807) is 22.7 Å². The van der Waals surface area contributed by atoms with Crippen LogP contribution in [0.3, 0.4) is 0 Å². The summed E-state index contributed by atoms with van der Waals surface area (Å²) >= 11 is 3.47. The van der Waals surface area contributed by atoms with Crippen LogP contribution in [0.25, 0.3) is 11.3 Å². The average molecular weight is 250 g/mol. The summed E-state index contributed by atoms with van der Waals surface area (Å²) in [6.45, 7) is 2.08. The van der Waals surface area contributed by atoms with Crippen molar-refractivity contribution in [2.45, 2.75) is 19.4 Å². The Labute approximate surface area is 103 Å². The summed E-state index contributed by atoms with van der Waals surface area (Å²) in [5.74, 6) is 0.941. The standard InChI is InChI=1S/C12H14N2S2/c1-2-9(1)5-13-6-12-14-11(8-16-12)10-3-4-15-7-10/h3-4,7-9,13H,1-2,5-6H2. The minimum atomic E-state index is 0.922. The molecule has 84 valence electrons. The second kappa shape index (κ2) is 4.65. The number of rotatable bonds is 5. The third kappa shape index (κ3) is 2.51. The fourth-order valence-electron chi connectivity index (χ4n) is 1.64. The Morgan fingerprint density at radius 2 is 2.31 bits per heavy atom. The van der Waals surface area contributed by atoms with Crippen molar-refractivity contribution >= 4 is 22.7 Å². The van der Waals surface area contributed by atoms with Crippen LogP contribution in [0.2, 0.25) is 0 Å². The van der Waals surface area contributed by atoms with E-state index >= 15 is 0 Å². The summed E-state index contributed by atoms with van der Waals surface area (Å²) in [5, 5.41) is 11.1. The fraction of sp³-hybridized carbons (Fsp3) is 0.417. The van der Waals surface area contributed by atoms with Crippen molar-refractivity contribution in [3.05, 3.63) is 27.2 Å². The van der Waals surface area contributed by atoms with Crippen molar-refractivity contribution in [2.75, 3.05) is 6.54 Å². The smallest absolute Gasteiger partial charge is 0.107 e. The summed E-state index contributed by atoms with van der Waals surface area (Å²) in [6.07, 6.45) is 2.82. The van der Waals surface area contributed by atoms with Crippen LogP contribution in [0.5, 0.6) is 0 Å². The molecule has 0 radical (unpaired) electrons. The van der Waals surface area contributed by atoms with Crippen molar-refractivity contribution in [3.63, 3.8) is 0 Å². The van der Waals surface area contributed by atoms with Gasteiger partial charge in [-0.3, -0.25) is 0 Å². The Bertz CT molecular complexity index is 443. The highest BCUT2D eigenvalue weighted by Crippen LogP contribution is 2.28. The molecule has 0 amide bonds. The number of nitrogens with one attached hydrogen (secondary N) is 1. The van der Waals surface area contributed by atoms with Gasteiger partial charge in [-0.1, -0.05) is 0 Å². The fourth-order valence-corrected chi connectivity index (χ4v) is 3.06. The van der Waals surface area contributed by atoms with Crippen LogP contribution >= 0.6 is 22.7 Å². The van der Waals surface area contributed by atoms with E-state index < -0.39 is 0 Å². The van der Waals surface area contributed by atoms with Crippen molar-refractivity contribution in [3.8, 4) is 11.3 Å². The molecule has 1 N–H and O–H groups in total. The van der Waals surface area contributed by atoms with Gasteiger partial charge in [0.15, 0.2) is 0 Å². The lowest BCUT2D eigenvalue weighted by Crippen LogP contribution is -2.15. The average Bonchev–Trinajstić information content (AvgIpc) is 2.83. The second-order valence-electron chi connectivity index (χ2n) is 4.21. The van der Waals surface area contributed by atoms with Crippen molar-refractivity contribution in [2.24, 2.45) is 5.92 Å². The zero-order valence-electron chi connectivity index (χ0n) is 8.98. The largest absolute Gasteiger partial charge is 0.310 e. The van der Waals surface area contributed by atoms with Gasteiger partial charge in [0, 0.05) is 22.9 Å².